The fourth-order valence-corrected chi connectivity index (χ4v) is 2.20. The van der Waals surface area contributed by atoms with E-state index in [-0.39, 0.29) is 6.10 Å². The molecule has 0 spiro atoms. The molecule has 1 rings (SSSR count). The van der Waals surface area contributed by atoms with Crippen LogP contribution in [-0.2, 0) is 0 Å². The molecule has 0 heterocycles. The maximum Gasteiger partial charge on any atom is 0.0568 e. The highest BCUT2D eigenvalue weighted by molar-refractivity contribution is 5.04. The van der Waals surface area contributed by atoms with Gasteiger partial charge in [-0.3, -0.25) is 0 Å². The van der Waals surface area contributed by atoms with E-state index >= 15 is 0 Å². The summed E-state index contributed by atoms with van der Waals surface area (Å²) in [5, 5.41) is 10.00. The van der Waals surface area contributed by atoms with Crippen LogP contribution in [0.2, 0.25) is 0 Å². The zero-order chi connectivity index (χ0) is 12.0. The second-order valence-electron chi connectivity index (χ2n) is 5.30. The lowest BCUT2D eigenvalue weighted by molar-refractivity contribution is 0.104. The zero-order valence-electron chi connectivity index (χ0n) is 11.0. The van der Waals surface area contributed by atoms with E-state index in [4.69, 9.17) is 0 Å². The highest BCUT2D eigenvalue weighted by Gasteiger charge is 2.13. The number of allylic oxidation sites excluding steroid dienone is 4. The second kappa shape index (κ2) is 6.90. The van der Waals surface area contributed by atoms with Gasteiger partial charge in [-0.15, -0.1) is 0 Å². The molecule has 0 fully saturated rings. The van der Waals surface area contributed by atoms with Gasteiger partial charge in [0.1, 0.15) is 0 Å². The third-order valence-electron chi connectivity index (χ3n) is 3.64. The van der Waals surface area contributed by atoms with Crippen LogP contribution in [0.25, 0.3) is 0 Å². The van der Waals surface area contributed by atoms with Crippen LogP contribution in [0.1, 0.15) is 59.3 Å². The first-order valence-corrected chi connectivity index (χ1v) is 6.59. The van der Waals surface area contributed by atoms with Crippen molar-refractivity contribution in [2.45, 2.75) is 65.4 Å². The Bertz CT molecular complexity index is 263. The molecule has 0 amide bonds. The van der Waals surface area contributed by atoms with Gasteiger partial charge >= 0.3 is 0 Å². The minimum atomic E-state index is -0.128. The Labute approximate surface area is 100 Å². The molecule has 1 aliphatic rings. The molecule has 0 aromatic heterocycles. The number of aliphatic hydroxyl groups excluding tert-OH is 1. The summed E-state index contributed by atoms with van der Waals surface area (Å²) < 4.78 is 0. The Morgan fingerprint density at radius 1 is 1.00 bits per heavy atom. The van der Waals surface area contributed by atoms with Crippen LogP contribution in [0, 0.1) is 5.92 Å². The van der Waals surface area contributed by atoms with Crippen LogP contribution in [-0.4, -0.2) is 11.2 Å². The maximum absolute atomic E-state index is 10.00. The van der Waals surface area contributed by atoms with E-state index in [1.165, 1.54) is 17.6 Å². The summed E-state index contributed by atoms with van der Waals surface area (Å²) in [6.07, 6.45) is 11.1. The Hall–Kier alpha value is -0.560. The van der Waals surface area contributed by atoms with Crippen molar-refractivity contribution in [2.75, 3.05) is 0 Å². The zero-order valence-corrected chi connectivity index (χ0v) is 11.0. The largest absolute Gasteiger partial charge is 0.393 e. The van der Waals surface area contributed by atoms with Gasteiger partial charge in [-0.25, -0.2) is 0 Å². The molecule has 0 radical (unpaired) electrons. The van der Waals surface area contributed by atoms with Crippen molar-refractivity contribution >= 4 is 0 Å². The molecule has 1 nitrogen and oxygen atoms in total. The predicted molar refractivity (Wildman–Crippen MR) is 70.4 cm³/mol. The van der Waals surface area contributed by atoms with Crippen LogP contribution in [0.5, 0.6) is 0 Å². The Balaban J connectivity index is 2.61. The molecule has 0 aliphatic heterocycles. The van der Waals surface area contributed by atoms with Gasteiger partial charge in [-0.05, 0) is 58.3 Å². The average molecular weight is 222 g/mol. The fourth-order valence-electron chi connectivity index (χ4n) is 2.20. The standard InChI is InChI=1S/C15H26O/c1-12-6-4-7-13(2)10-11-15(16)14(3)9-5-8-12/h7-8,14-16H,4-6,9-11H2,1-3H3/b12-8?,13-7+. The average Bonchev–Trinajstić information content (AvgIpc) is 2.24. The van der Waals surface area contributed by atoms with Gasteiger partial charge in [0.2, 0.25) is 0 Å². The molecule has 1 N–H and O–H groups in total. The third kappa shape index (κ3) is 4.98. The highest BCUT2D eigenvalue weighted by atomic mass is 16.3. The van der Waals surface area contributed by atoms with Crippen molar-refractivity contribution in [1.29, 1.82) is 0 Å². The fraction of sp³-hybridized carbons (Fsp3) is 0.733. The summed E-state index contributed by atoms with van der Waals surface area (Å²) in [7, 11) is 0. The van der Waals surface area contributed by atoms with Gasteiger partial charge < -0.3 is 5.11 Å². The van der Waals surface area contributed by atoms with Crippen LogP contribution in [0.15, 0.2) is 23.3 Å². The van der Waals surface area contributed by atoms with E-state index in [0.29, 0.717) is 5.92 Å². The smallest absolute Gasteiger partial charge is 0.0568 e. The van der Waals surface area contributed by atoms with Crippen LogP contribution < -0.4 is 0 Å². The molecule has 2 unspecified atom stereocenters. The lowest BCUT2D eigenvalue weighted by Gasteiger charge is -2.19. The third-order valence-corrected chi connectivity index (χ3v) is 3.64. The normalized spacial score (nSPS) is 33.0. The summed E-state index contributed by atoms with van der Waals surface area (Å²) in [5.41, 5.74) is 2.92. The van der Waals surface area contributed by atoms with Gasteiger partial charge in [0, 0.05) is 0 Å². The molecule has 1 aliphatic carbocycles. The molecule has 0 saturated heterocycles. The van der Waals surface area contributed by atoms with Crippen LogP contribution in [0.3, 0.4) is 0 Å². The van der Waals surface area contributed by atoms with Crippen molar-refractivity contribution in [2.24, 2.45) is 5.92 Å². The molecule has 0 bridgehead atoms. The first-order valence-electron chi connectivity index (χ1n) is 6.59. The summed E-state index contributed by atoms with van der Waals surface area (Å²) >= 11 is 0. The molecule has 0 saturated carbocycles. The van der Waals surface area contributed by atoms with Crippen LogP contribution in [0.4, 0.5) is 0 Å². The van der Waals surface area contributed by atoms with Gasteiger partial charge in [0.25, 0.3) is 0 Å². The van der Waals surface area contributed by atoms with Crippen LogP contribution >= 0.6 is 0 Å². The van der Waals surface area contributed by atoms with Gasteiger partial charge in [0.15, 0.2) is 0 Å². The number of rotatable bonds is 0. The van der Waals surface area contributed by atoms with E-state index in [0.717, 1.165) is 32.1 Å². The molecular formula is C15H26O. The predicted octanol–water partition coefficient (Wildman–Crippen LogP) is 4.23. The Kier molecular flexibility index (Phi) is 5.83. The SMILES string of the molecule is CC1=CCCC(C)C(O)CC/C(C)=C/CC1. The topological polar surface area (TPSA) is 20.2 Å². The van der Waals surface area contributed by atoms with Crippen molar-refractivity contribution in [1.82, 2.24) is 0 Å². The van der Waals surface area contributed by atoms with Crippen molar-refractivity contribution in [3.63, 3.8) is 0 Å². The van der Waals surface area contributed by atoms with Gasteiger partial charge in [-0.2, -0.15) is 0 Å². The minimum absolute atomic E-state index is 0.128. The Morgan fingerprint density at radius 2 is 1.62 bits per heavy atom. The number of hydrogen-bond donors (Lipinski definition) is 1. The number of aliphatic hydroxyl groups is 1. The molecule has 92 valence electrons. The van der Waals surface area contributed by atoms with E-state index in [9.17, 15) is 5.11 Å². The lowest BCUT2D eigenvalue weighted by Crippen LogP contribution is -2.17. The monoisotopic (exact) mass is 222 g/mol. The van der Waals surface area contributed by atoms with Gasteiger partial charge in [0.05, 0.1) is 6.10 Å². The molecule has 1 heteroatoms. The first-order chi connectivity index (χ1) is 7.59. The van der Waals surface area contributed by atoms with Gasteiger partial charge in [-0.1, -0.05) is 30.2 Å². The minimum Gasteiger partial charge on any atom is -0.393 e. The molecule has 2 atom stereocenters. The first kappa shape index (κ1) is 13.5. The van der Waals surface area contributed by atoms with E-state index in [1.54, 1.807) is 0 Å². The van der Waals surface area contributed by atoms with Crippen molar-refractivity contribution in [3.05, 3.63) is 23.3 Å². The van der Waals surface area contributed by atoms with E-state index < -0.39 is 0 Å². The van der Waals surface area contributed by atoms with Crippen molar-refractivity contribution < 1.29 is 5.11 Å². The highest BCUT2D eigenvalue weighted by Crippen LogP contribution is 2.20. The molecule has 0 aromatic rings. The Morgan fingerprint density at radius 3 is 2.38 bits per heavy atom. The summed E-state index contributed by atoms with van der Waals surface area (Å²) in [6.45, 7) is 6.57. The maximum atomic E-state index is 10.00. The molecule has 0 aromatic carbocycles. The summed E-state index contributed by atoms with van der Waals surface area (Å²) in [5.74, 6) is 0.427. The lowest BCUT2D eigenvalue weighted by atomic mass is 9.92. The van der Waals surface area contributed by atoms with E-state index in [2.05, 4.69) is 32.9 Å². The quantitative estimate of drug-likeness (QED) is 0.608. The molecule has 16 heavy (non-hydrogen) atoms. The summed E-state index contributed by atoms with van der Waals surface area (Å²) in [4.78, 5) is 0. The molecular weight excluding hydrogens is 196 g/mol. The number of hydrogen-bond acceptors (Lipinski definition) is 1. The van der Waals surface area contributed by atoms with Crippen molar-refractivity contribution in [3.8, 4) is 0 Å². The van der Waals surface area contributed by atoms with E-state index in [1.807, 2.05) is 0 Å². The second-order valence-corrected chi connectivity index (χ2v) is 5.30. The summed E-state index contributed by atoms with van der Waals surface area (Å²) in [6, 6.07) is 0.